The van der Waals surface area contributed by atoms with E-state index in [0.29, 0.717) is 17.7 Å². The molecule has 4 aliphatic rings. The summed E-state index contributed by atoms with van der Waals surface area (Å²) in [5.74, 6) is 0.840. The maximum atomic E-state index is 14.3. The highest BCUT2D eigenvalue weighted by Crippen LogP contribution is 2.62. The zero-order valence-corrected chi connectivity index (χ0v) is 11.3. The smallest absolute Gasteiger partial charge is 0.165 e. The highest BCUT2D eigenvalue weighted by atomic mass is 19.1. The number of piperidine rings is 1. The van der Waals surface area contributed by atoms with E-state index in [0.717, 1.165) is 36.9 Å². The van der Waals surface area contributed by atoms with Gasteiger partial charge < -0.3 is 15.2 Å². The Morgan fingerprint density at radius 1 is 1.40 bits per heavy atom. The molecular weight excluding hydrogens is 257 g/mol. The van der Waals surface area contributed by atoms with Gasteiger partial charge >= 0.3 is 0 Å². The molecule has 2 aliphatic carbocycles. The van der Waals surface area contributed by atoms with Crippen molar-refractivity contribution in [3.63, 3.8) is 0 Å². The largest absolute Gasteiger partial charge is 0.504 e. The highest BCUT2D eigenvalue weighted by molar-refractivity contribution is 5.60. The van der Waals surface area contributed by atoms with Crippen LogP contribution in [0.1, 0.15) is 36.8 Å². The molecule has 2 heterocycles. The summed E-state index contributed by atoms with van der Waals surface area (Å²) in [6.45, 7) is 0.969. The Morgan fingerprint density at radius 3 is 3.20 bits per heavy atom. The first kappa shape index (κ1) is 11.4. The van der Waals surface area contributed by atoms with Crippen LogP contribution >= 0.6 is 0 Å². The molecule has 1 aromatic rings. The summed E-state index contributed by atoms with van der Waals surface area (Å²) in [5.41, 5.74) is 1.76. The van der Waals surface area contributed by atoms with Crippen LogP contribution in [0, 0.1) is 11.7 Å². The molecule has 3 nitrogen and oxygen atoms in total. The summed E-state index contributed by atoms with van der Waals surface area (Å²) in [6.07, 6.45) is 5.25. The Hall–Kier alpha value is -1.29. The lowest BCUT2D eigenvalue weighted by Gasteiger charge is -2.55. The van der Waals surface area contributed by atoms with Crippen molar-refractivity contribution >= 4 is 0 Å². The van der Waals surface area contributed by atoms with Crippen LogP contribution in [-0.2, 0) is 11.8 Å². The van der Waals surface area contributed by atoms with Gasteiger partial charge in [0.15, 0.2) is 11.5 Å². The summed E-state index contributed by atoms with van der Waals surface area (Å²) in [5, 5.41) is 13.7. The van der Waals surface area contributed by atoms with Crippen molar-refractivity contribution in [3.8, 4) is 11.5 Å². The minimum absolute atomic E-state index is 0.0132. The fourth-order valence-corrected chi connectivity index (χ4v) is 5.47. The van der Waals surface area contributed by atoms with E-state index in [-0.39, 0.29) is 23.1 Å². The average molecular weight is 275 g/mol. The van der Waals surface area contributed by atoms with Crippen LogP contribution in [0.25, 0.3) is 0 Å². The van der Waals surface area contributed by atoms with Crippen LogP contribution < -0.4 is 10.1 Å². The number of phenols is 1. The van der Waals surface area contributed by atoms with Crippen molar-refractivity contribution < 1.29 is 14.2 Å². The maximum Gasteiger partial charge on any atom is 0.165 e. The van der Waals surface area contributed by atoms with Gasteiger partial charge in [-0.2, -0.15) is 0 Å². The molecule has 1 saturated carbocycles. The standard InChI is InChI=1S/C16H18FNO2/c17-10-7-12(19)15-14-8(10)6-11-9-2-1-3-13(20-15)16(9,14)4-5-18-11/h7,9,11,13,18-19H,1-6H2. The Bertz CT molecular complexity index is 617. The van der Waals surface area contributed by atoms with Gasteiger partial charge in [0, 0.05) is 23.1 Å². The van der Waals surface area contributed by atoms with E-state index >= 15 is 0 Å². The lowest BCUT2D eigenvalue weighted by molar-refractivity contribution is 0.00259. The topological polar surface area (TPSA) is 41.5 Å². The van der Waals surface area contributed by atoms with Crippen molar-refractivity contribution in [3.05, 3.63) is 23.0 Å². The molecule has 1 saturated heterocycles. The average Bonchev–Trinajstić information content (AvgIpc) is 2.75. The molecule has 0 radical (unpaired) electrons. The summed E-state index contributed by atoms with van der Waals surface area (Å²) < 4.78 is 20.5. The van der Waals surface area contributed by atoms with E-state index in [4.69, 9.17) is 4.74 Å². The number of phenolic OH excluding ortho intramolecular Hbond substituents is 1. The number of nitrogens with one attached hydrogen (secondary N) is 1. The first-order valence-electron chi connectivity index (χ1n) is 7.66. The molecule has 2 aliphatic heterocycles. The third-order valence-corrected chi connectivity index (χ3v) is 6.11. The second kappa shape index (κ2) is 3.48. The van der Waals surface area contributed by atoms with E-state index < -0.39 is 0 Å². The number of rotatable bonds is 0. The number of hydrogen-bond donors (Lipinski definition) is 2. The highest BCUT2D eigenvalue weighted by Gasteiger charge is 2.62. The molecule has 5 rings (SSSR count). The lowest BCUT2D eigenvalue weighted by Crippen LogP contribution is -2.63. The van der Waals surface area contributed by atoms with Crippen LogP contribution in [0.15, 0.2) is 6.07 Å². The molecular formula is C16H18FNO2. The van der Waals surface area contributed by atoms with Gasteiger partial charge in [0.25, 0.3) is 0 Å². The minimum atomic E-state index is -0.261. The van der Waals surface area contributed by atoms with Gasteiger partial charge in [0.05, 0.1) is 0 Å². The van der Waals surface area contributed by atoms with Crippen molar-refractivity contribution in [2.24, 2.45) is 5.92 Å². The van der Waals surface area contributed by atoms with Gasteiger partial charge in [-0.1, -0.05) is 0 Å². The van der Waals surface area contributed by atoms with E-state index in [1.807, 2.05) is 0 Å². The maximum absolute atomic E-state index is 14.3. The molecule has 0 amide bonds. The van der Waals surface area contributed by atoms with Gasteiger partial charge in [0.1, 0.15) is 11.9 Å². The molecule has 0 aromatic heterocycles. The normalized spacial score (nSPS) is 40.1. The molecule has 4 heteroatoms. The number of aromatic hydroxyl groups is 1. The van der Waals surface area contributed by atoms with E-state index in [1.165, 1.54) is 18.9 Å². The molecule has 1 aromatic carbocycles. The number of halogens is 1. The van der Waals surface area contributed by atoms with Crippen LogP contribution in [0.5, 0.6) is 11.5 Å². The molecule has 2 fully saturated rings. The monoisotopic (exact) mass is 275 g/mol. The second-order valence-corrected chi connectivity index (χ2v) is 6.76. The summed E-state index contributed by atoms with van der Waals surface area (Å²) in [7, 11) is 0. The first-order valence-corrected chi connectivity index (χ1v) is 7.66. The van der Waals surface area contributed by atoms with Crippen LogP contribution in [-0.4, -0.2) is 23.8 Å². The molecule has 4 atom stereocenters. The van der Waals surface area contributed by atoms with Crippen LogP contribution in [0.2, 0.25) is 0 Å². The predicted octanol–water partition coefficient (Wildman–Crippen LogP) is 2.25. The SMILES string of the molecule is Oc1cc(F)c2c3c1OC1CCCC4C(C2)NCCC314. The van der Waals surface area contributed by atoms with E-state index in [1.54, 1.807) is 0 Å². The van der Waals surface area contributed by atoms with E-state index in [9.17, 15) is 9.50 Å². The summed E-state index contributed by atoms with van der Waals surface area (Å²) >= 11 is 0. The van der Waals surface area contributed by atoms with Crippen molar-refractivity contribution in [1.82, 2.24) is 5.32 Å². The zero-order valence-electron chi connectivity index (χ0n) is 11.3. The molecule has 2 bridgehead atoms. The minimum Gasteiger partial charge on any atom is -0.504 e. The quantitative estimate of drug-likeness (QED) is 0.763. The van der Waals surface area contributed by atoms with Crippen LogP contribution in [0.3, 0.4) is 0 Å². The van der Waals surface area contributed by atoms with Gasteiger partial charge in [-0.15, -0.1) is 0 Å². The number of ether oxygens (including phenoxy) is 1. The van der Waals surface area contributed by atoms with Crippen molar-refractivity contribution in [2.45, 2.75) is 49.7 Å². The van der Waals surface area contributed by atoms with Crippen LogP contribution in [0.4, 0.5) is 4.39 Å². The number of benzene rings is 1. The fourth-order valence-electron chi connectivity index (χ4n) is 5.47. The van der Waals surface area contributed by atoms with Gasteiger partial charge in [-0.25, -0.2) is 4.39 Å². The Balaban J connectivity index is 1.86. The van der Waals surface area contributed by atoms with E-state index in [2.05, 4.69) is 5.32 Å². The zero-order chi connectivity index (χ0) is 13.5. The molecule has 2 N–H and O–H groups in total. The third kappa shape index (κ3) is 1.08. The first-order chi connectivity index (χ1) is 9.72. The van der Waals surface area contributed by atoms with Crippen molar-refractivity contribution in [2.75, 3.05) is 6.54 Å². The number of hydrogen-bond acceptors (Lipinski definition) is 3. The molecule has 20 heavy (non-hydrogen) atoms. The third-order valence-electron chi connectivity index (χ3n) is 6.11. The molecule has 4 unspecified atom stereocenters. The molecule has 1 spiro atoms. The van der Waals surface area contributed by atoms with Gasteiger partial charge in [-0.3, -0.25) is 0 Å². The molecule has 106 valence electrons. The van der Waals surface area contributed by atoms with Gasteiger partial charge in [0.2, 0.25) is 0 Å². The Morgan fingerprint density at radius 2 is 2.30 bits per heavy atom. The Labute approximate surface area is 117 Å². The van der Waals surface area contributed by atoms with Gasteiger partial charge in [-0.05, 0) is 50.1 Å². The summed E-state index contributed by atoms with van der Waals surface area (Å²) in [6, 6.07) is 1.60. The fraction of sp³-hybridized carbons (Fsp3) is 0.625. The van der Waals surface area contributed by atoms with Crippen molar-refractivity contribution in [1.29, 1.82) is 0 Å². The Kier molecular flexibility index (Phi) is 1.98. The summed E-state index contributed by atoms with van der Waals surface area (Å²) in [4.78, 5) is 0. The predicted molar refractivity (Wildman–Crippen MR) is 71.6 cm³/mol. The lowest BCUT2D eigenvalue weighted by atomic mass is 9.52. The second-order valence-electron chi connectivity index (χ2n) is 6.76.